The molecule has 2 heterocycles. The molecule has 1 saturated heterocycles. The fourth-order valence-electron chi connectivity index (χ4n) is 4.90. The number of para-hydroxylation sites is 1. The highest BCUT2D eigenvalue weighted by Crippen LogP contribution is 2.32. The Morgan fingerprint density at radius 1 is 1.09 bits per heavy atom. The zero-order chi connectivity index (χ0) is 23.7. The predicted molar refractivity (Wildman–Crippen MR) is 127 cm³/mol. The Labute approximate surface area is 197 Å². The van der Waals surface area contributed by atoms with Crippen molar-refractivity contribution in [2.45, 2.75) is 31.2 Å². The maximum atomic E-state index is 13.2. The summed E-state index contributed by atoms with van der Waals surface area (Å²) in [6.07, 6.45) is 1.76. The summed E-state index contributed by atoms with van der Waals surface area (Å²) >= 11 is 0. The van der Waals surface area contributed by atoms with E-state index < -0.39 is 6.09 Å². The molecule has 1 aliphatic carbocycles. The van der Waals surface area contributed by atoms with Gasteiger partial charge in [-0.05, 0) is 49.1 Å². The summed E-state index contributed by atoms with van der Waals surface area (Å²) in [6, 6.07) is 16.5. The van der Waals surface area contributed by atoms with Crippen LogP contribution in [0.3, 0.4) is 0 Å². The van der Waals surface area contributed by atoms with E-state index in [1.54, 1.807) is 11.8 Å². The van der Waals surface area contributed by atoms with Gasteiger partial charge in [0, 0.05) is 24.6 Å². The average Bonchev–Trinajstić information content (AvgIpc) is 3.56. The van der Waals surface area contributed by atoms with Crippen LogP contribution in [0.2, 0.25) is 0 Å². The molecule has 2 atom stereocenters. The third kappa shape index (κ3) is 4.16. The van der Waals surface area contributed by atoms with Crippen LogP contribution in [0.1, 0.15) is 29.2 Å². The van der Waals surface area contributed by atoms with Gasteiger partial charge in [-0.2, -0.15) is 5.10 Å². The Hall–Kier alpha value is -4.01. The van der Waals surface area contributed by atoms with Gasteiger partial charge in [-0.1, -0.05) is 30.3 Å². The standard InChI is InChI=1S/C25H27N5O4/c1-34-18-10-5-7-16(13-18)20-14-29(25(32)33)15-22(20)26-24(31)27-23-19-11-6-12-21(19)28-30(23)17-8-3-2-4-9-17/h2-5,7-10,13,20,22H,6,11-12,14-15H2,1H3,(H,32,33)(H2,26,27,31). The molecule has 1 aromatic heterocycles. The highest BCUT2D eigenvalue weighted by Gasteiger charge is 2.37. The number of nitrogens with zero attached hydrogens (tertiary/aromatic N) is 3. The zero-order valence-electron chi connectivity index (χ0n) is 18.9. The van der Waals surface area contributed by atoms with Gasteiger partial charge in [0.15, 0.2) is 0 Å². The number of fused-ring (bicyclic) bond motifs is 1. The second kappa shape index (κ2) is 9.09. The molecule has 2 unspecified atom stereocenters. The molecule has 0 radical (unpaired) electrons. The number of anilines is 1. The van der Waals surface area contributed by atoms with Crippen molar-refractivity contribution >= 4 is 17.9 Å². The summed E-state index contributed by atoms with van der Waals surface area (Å²) in [5, 5.41) is 20.3. The lowest BCUT2D eigenvalue weighted by Gasteiger charge is -2.21. The Bertz CT molecular complexity index is 1210. The molecule has 34 heavy (non-hydrogen) atoms. The molecule has 9 heteroatoms. The number of ether oxygens (including phenoxy) is 1. The lowest BCUT2D eigenvalue weighted by Crippen LogP contribution is -2.43. The van der Waals surface area contributed by atoms with Crippen LogP contribution >= 0.6 is 0 Å². The first-order valence-corrected chi connectivity index (χ1v) is 11.4. The first-order valence-electron chi connectivity index (χ1n) is 11.4. The number of carbonyl (C=O) groups is 2. The number of benzene rings is 2. The second-order valence-electron chi connectivity index (χ2n) is 8.65. The van der Waals surface area contributed by atoms with E-state index in [4.69, 9.17) is 9.84 Å². The summed E-state index contributed by atoms with van der Waals surface area (Å²) in [5.74, 6) is 1.17. The van der Waals surface area contributed by atoms with Gasteiger partial charge >= 0.3 is 12.1 Å². The Morgan fingerprint density at radius 3 is 2.68 bits per heavy atom. The molecule has 1 fully saturated rings. The van der Waals surface area contributed by atoms with Gasteiger partial charge in [0.2, 0.25) is 0 Å². The number of hydrogen-bond donors (Lipinski definition) is 3. The quantitative estimate of drug-likeness (QED) is 0.538. The molecule has 0 spiro atoms. The van der Waals surface area contributed by atoms with Crippen molar-refractivity contribution in [3.8, 4) is 11.4 Å². The van der Waals surface area contributed by atoms with Gasteiger partial charge in [-0.25, -0.2) is 14.3 Å². The number of urea groups is 1. The number of nitrogens with one attached hydrogen (secondary N) is 2. The third-order valence-electron chi connectivity index (χ3n) is 6.57. The predicted octanol–water partition coefficient (Wildman–Crippen LogP) is 3.64. The van der Waals surface area contributed by atoms with E-state index in [9.17, 15) is 14.7 Å². The van der Waals surface area contributed by atoms with E-state index >= 15 is 0 Å². The maximum absolute atomic E-state index is 13.2. The van der Waals surface area contributed by atoms with Crippen LogP contribution in [-0.4, -0.2) is 58.2 Å². The molecule has 2 aliphatic rings. The van der Waals surface area contributed by atoms with Crippen LogP contribution in [0.25, 0.3) is 5.69 Å². The Balaban J connectivity index is 1.39. The van der Waals surface area contributed by atoms with Crippen molar-refractivity contribution in [3.63, 3.8) is 0 Å². The third-order valence-corrected chi connectivity index (χ3v) is 6.57. The van der Waals surface area contributed by atoms with Gasteiger partial charge in [0.25, 0.3) is 0 Å². The van der Waals surface area contributed by atoms with Gasteiger partial charge in [-0.15, -0.1) is 0 Å². The lowest BCUT2D eigenvalue weighted by atomic mass is 9.94. The molecular weight excluding hydrogens is 434 g/mol. The van der Waals surface area contributed by atoms with Crippen LogP contribution in [0.15, 0.2) is 54.6 Å². The van der Waals surface area contributed by atoms with Crippen molar-refractivity contribution in [1.29, 1.82) is 0 Å². The minimum absolute atomic E-state index is 0.193. The summed E-state index contributed by atoms with van der Waals surface area (Å²) in [7, 11) is 1.59. The number of methoxy groups -OCH3 is 1. The van der Waals surface area contributed by atoms with Crippen LogP contribution in [0.5, 0.6) is 5.75 Å². The van der Waals surface area contributed by atoms with Gasteiger partial charge in [0.1, 0.15) is 11.6 Å². The fraction of sp³-hybridized carbons (Fsp3) is 0.320. The van der Waals surface area contributed by atoms with Crippen LogP contribution < -0.4 is 15.4 Å². The van der Waals surface area contributed by atoms with Crippen molar-refractivity contribution in [3.05, 3.63) is 71.4 Å². The molecular formula is C25H27N5O4. The molecule has 3 aromatic rings. The van der Waals surface area contributed by atoms with Gasteiger partial charge < -0.3 is 20.1 Å². The molecule has 3 amide bonds. The number of carbonyl (C=O) groups excluding carboxylic acids is 1. The minimum atomic E-state index is -1.00. The SMILES string of the molecule is COc1cccc(C2CN(C(=O)O)CC2NC(=O)Nc2c3c(nn2-c2ccccc2)CCC3)c1. The van der Waals surface area contributed by atoms with E-state index in [-0.39, 0.29) is 24.5 Å². The van der Waals surface area contributed by atoms with E-state index in [2.05, 4.69) is 10.6 Å². The summed E-state index contributed by atoms with van der Waals surface area (Å²) < 4.78 is 7.11. The van der Waals surface area contributed by atoms with Crippen LogP contribution in [-0.2, 0) is 12.8 Å². The van der Waals surface area contributed by atoms with Gasteiger partial charge in [0.05, 0.1) is 24.5 Å². The number of likely N-dealkylation sites (tertiary alicyclic amines) is 1. The number of rotatable bonds is 5. The number of hydrogen-bond acceptors (Lipinski definition) is 4. The van der Waals surface area contributed by atoms with Crippen LogP contribution in [0.4, 0.5) is 15.4 Å². The molecule has 0 saturated carbocycles. The lowest BCUT2D eigenvalue weighted by molar-refractivity contribution is 0.154. The molecule has 1 aliphatic heterocycles. The molecule has 0 bridgehead atoms. The first-order chi connectivity index (χ1) is 16.5. The molecule has 9 nitrogen and oxygen atoms in total. The summed E-state index contributed by atoms with van der Waals surface area (Å²) in [6.45, 7) is 0.505. The van der Waals surface area contributed by atoms with E-state index in [0.717, 1.165) is 41.8 Å². The number of aromatic nitrogens is 2. The van der Waals surface area contributed by atoms with Crippen molar-refractivity contribution in [2.24, 2.45) is 0 Å². The summed E-state index contributed by atoms with van der Waals surface area (Å²) in [5.41, 5.74) is 3.86. The van der Waals surface area contributed by atoms with Gasteiger partial charge in [-0.3, -0.25) is 5.32 Å². The number of amides is 3. The molecule has 3 N–H and O–H groups in total. The smallest absolute Gasteiger partial charge is 0.407 e. The largest absolute Gasteiger partial charge is 0.497 e. The summed E-state index contributed by atoms with van der Waals surface area (Å²) in [4.78, 5) is 26.2. The fourth-order valence-corrected chi connectivity index (χ4v) is 4.90. The Kier molecular flexibility index (Phi) is 5.83. The second-order valence-corrected chi connectivity index (χ2v) is 8.65. The maximum Gasteiger partial charge on any atom is 0.407 e. The highest BCUT2D eigenvalue weighted by molar-refractivity contribution is 5.90. The molecule has 5 rings (SSSR count). The number of aryl methyl sites for hydroxylation is 1. The van der Waals surface area contributed by atoms with Crippen LogP contribution in [0, 0.1) is 0 Å². The van der Waals surface area contributed by atoms with E-state index in [0.29, 0.717) is 18.1 Å². The molecule has 2 aromatic carbocycles. The van der Waals surface area contributed by atoms with E-state index in [1.165, 1.54) is 4.90 Å². The van der Waals surface area contributed by atoms with Crippen molar-refractivity contribution in [1.82, 2.24) is 20.0 Å². The zero-order valence-corrected chi connectivity index (χ0v) is 18.9. The van der Waals surface area contributed by atoms with Crippen molar-refractivity contribution < 1.29 is 19.4 Å². The minimum Gasteiger partial charge on any atom is -0.497 e. The number of carboxylic acid groups (broad SMARTS) is 1. The highest BCUT2D eigenvalue weighted by atomic mass is 16.5. The Morgan fingerprint density at radius 2 is 1.91 bits per heavy atom. The molecule has 176 valence electrons. The normalized spacial score (nSPS) is 19.0. The average molecular weight is 462 g/mol. The van der Waals surface area contributed by atoms with E-state index in [1.807, 2.05) is 54.6 Å². The first kappa shape index (κ1) is 21.8. The monoisotopic (exact) mass is 461 g/mol. The topological polar surface area (TPSA) is 109 Å². The van der Waals surface area contributed by atoms with Crippen molar-refractivity contribution in [2.75, 3.05) is 25.5 Å².